The molecule has 1 aliphatic carbocycles. The van der Waals surface area contributed by atoms with E-state index >= 15 is 0 Å². The largest absolute Gasteiger partial charge is 0.379 e. The highest BCUT2D eigenvalue weighted by Crippen LogP contribution is 2.35. The SMILES string of the molecule is O=C(CN1CCC(N2CCOCC2)CC1)Nc1nnc(C2CCCCC2)s1. The Bertz CT molecular complexity index is 605. The van der Waals surface area contributed by atoms with Crippen molar-refractivity contribution in [1.82, 2.24) is 20.0 Å². The van der Waals surface area contributed by atoms with Crippen LogP contribution in [-0.4, -0.2) is 77.9 Å². The molecule has 0 unspecified atom stereocenters. The Labute approximate surface area is 165 Å². The molecule has 150 valence electrons. The summed E-state index contributed by atoms with van der Waals surface area (Å²) in [5.41, 5.74) is 0. The number of likely N-dealkylation sites (tertiary alicyclic amines) is 1. The third-order valence-corrected chi connectivity index (χ3v) is 7.13. The predicted molar refractivity (Wildman–Crippen MR) is 106 cm³/mol. The molecule has 1 aromatic heterocycles. The van der Waals surface area contributed by atoms with E-state index in [1.54, 1.807) is 11.3 Å². The number of aromatic nitrogens is 2. The minimum absolute atomic E-state index is 0.0335. The fourth-order valence-corrected chi connectivity index (χ4v) is 5.48. The van der Waals surface area contributed by atoms with Crippen LogP contribution in [0.4, 0.5) is 5.13 Å². The van der Waals surface area contributed by atoms with Crippen molar-refractivity contribution in [3.63, 3.8) is 0 Å². The highest BCUT2D eigenvalue weighted by Gasteiger charge is 2.27. The summed E-state index contributed by atoms with van der Waals surface area (Å²) in [4.78, 5) is 17.2. The molecule has 1 aromatic rings. The van der Waals surface area contributed by atoms with Crippen LogP contribution >= 0.6 is 11.3 Å². The lowest BCUT2D eigenvalue weighted by atomic mass is 9.90. The second kappa shape index (κ2) is 9.41. The van der Waals surface area contributed by atoms with Crippen molar-refractivity contribution in [3.8, 4) is 0 Å². The number of piperidine rings is 1. The average molecular weight is 394 g/mol. The van der Waals surface area contributed by atoms with Crippen LogP contribution in [0.1, 0.15) is 55.9 Å². The Morgan fingerprint density at radius 2 is 1.78 bits per heavy atom. The van der Waals surface area contributed by atoms with Gasteiger partial charge in [0.05, 0.1) is 19.8 Å². The molecule has 3 heterocycles. The van der Waals surface area contributed by atoms with Gasteiger partial charge in [-0.05, 0) is 25.7 Å². The molecule has 0 radical (unpaired) electrons. The van der Waals surface area contributed by atoms with E-state index in [0.717, 1.165) is 57.2 Å². The van der Waals surface area contributed by atoms with E-state index in [2.05, 4.69) is 25.3 Å². The van der Waals surface area contributed by atoms with Gasteiger partial charge in [-0.15, -0.1) is 10.2 Å². The molecule has 1 saturated carbocycles. The normalized spacial score (nSPS) is 24.1. The quantitative estimate of drug-likeness (QED) is 0.828. The van der Waals surface area contributed by atoms with Gasteiger partial charge in [-0.2, -0.15) is 0 Å². The Morgan fingerprint density at radius 3 is 2.52 bits per heavy atom. The lowest BCUT2D eigenvalue weighted by molar-refractivity contribution is -0.117. The Kier molecular flexibility index (Phi) is 6.70. The summed E-state index contributed by atoms with van der Waals surface area (Å²) in [6, 6.07) is 0.648. The number of carbonyl (C=O) groups excluding carboxylic acids is 1. The molecule has 1 amide bonds. The van der Waals surface area contributed by atoms with Crippen LogP contribution in [0.5, 0.6) is 0 Å². The van der Waals surface area contributed by atoms with Crippen LogP contribution in [0, 0.1) is 0 Å². The number of morpholine rings is 1. The topological polar surface area (TPSA) is 70.6 Å². The molecule has 0 spiro atoms. The third-order valence-electron chi connectivity index (χ3n) is 6.13. The molecule has 3 fully saturated rings. The minimum Gasteiger partial charge on any atom is -0.379 e. The Hall–Kier alpha value is -1.09. The van der Waals surface area contributed by atoms with E-state index in [1.165, 1.54) is 32.1 Å². The monoisotopic (exact) mass is 393 g/mol. The molecule has 4 rings (SSSR count). The maximum atomic E-state index is 12.4. The molecule has 0 atom stereocenters. The molecular weight excluding hydrogens is 362 g/mol. The molecule has 8 heteroatoms. The van der Waals surface area contributed by atoms with E-state index in [4.69, 9.17) is 4.74 Å². The fraction of sp³-hybridized carbons (Fsp3) is 0.842. The van der Waals surface area contributed by atoms with Crippen molar-refractivity contribution in [1.29, 1.82) is 0 Å². The number of rotatable bonds is 5. The van der Waals surface area contributed by atoms with E-state index in [0.29, 0.717) is 23.6 Å². The molecule has 2 aliphatic heterocycles. The number of nitrogens with one attached hydrogen (secondary N) is 1. The van der Waals surface area contributed by atoms with Crippen molar-refractivity contribution in [2.24, 2.45) is 0 Å². The van der Waals surface area contributed by atoms with Gasteiger partial charge < -0.3 is 4.74 Å². The van der Waals surface area contributed by atoms with Gasteiger partial charge in [0.15, 0.2) is 0 Å². The molecule has 0 bridgehead atoms. The van der Waals surface area contributed by atoms with Gasteiger partial charge in [0.1, 0.15) is 5.01 Å². The standard InChI is InChI=1S/C19H31N5O2S/c25-17(20-19-22-21-18(27-19)15-4-2-1-3-5-15)14-23-8-6-16(7-9-23)24-10-12-26-13-11-24/h15-16H,1-14H2,(H,20,22,25). The summed E-state index contributed by atoms with van der Waals surface area (Å²) in [5, 5.41) is 13.2. The summed E-state index contributed by atoms with van der Waals surface area (Å²) in [7, 11) is 0. The number of anilines is 1. The number of amides is 1. The van der Waals surface area contributed by atoms with Crippen LogP contribution in [0.25, 0.3) is 0 Å². The maximum absolute atomic E-state index is 12.4. The lowest BCUT2D eigenvalue weighted by Gasteiger charge is -2.39. The maximum Gasteiger partial charge on any atom is 0.240 e. The van der Waals surface area contributed by atoms with Crippen LogP contribution in [0.3, 0.4) is 0 Å². The van der Waals surface area contributed by atoms with Gasteiger partial charge in [0.2, 0.25) is 11.0 Å². The Morgan fingerprint density at radius 1 is 1.04 bits per heavy atom. The molecule has 0 aromatic carbocycles. The lowest BCUT2D eigenvalue weighted by Crippen LogP contribution is -2.50. The summed E-state index contributed by atoms with van der Waals surface area (Å²) >= 11 is 1.56. The first-order valence-electron chi connectivity index (χ1n) is 10.5. The molecule has 7 nitrogen and oxygen atoms in total. The van der Waals surface area contributed by atoms with E-state index in [1.807, 2.05) is 0 Å². The van der Waals surface area contributed by atoms with Gasteiger partial charge >= 0.3 is 0 Å². The zero-order valence-corrected chi connectivity index (χ0v) is 16.9. The van der Waals surface area contributed by atoms with Crippen LogP contribution in [-0.2, 0) is 9.53 Å². The van der Waals surface area contributed by atoms with Crippen molar-refractivity contribution in [2.75, 3.05) is 51.3 Å². The number of hydrogen-bond acceptors (Lipinski definition) is 7. The summed E-state index contributed by atoms with van der Waals surface area (Å²) in [6.45, 7) is 6.23. The number of carbonyl (C=O) groups is 1. The first-order chi connectivity index (χ1) is 13.3. The van der Waals surface area contributed by atoms with Crippen molar-refractivity contribution >= 4 is 22.4 Å². The molecule has 3 aliphatic rings. The van der Waals surface area contributed by atoms with Gasteiger partial charge in [0, 0.05) is 38.1 Å². The number of hydrogen-bond donors (Lipinski definition) is 1. The zero-order chi connectivity index (χ0) is 18.5. The summed E-state index contributed by atoms with van der Waals surface area (Å²) in [6.07, 6.45) is 8.59. The number of ether oxygens (including phenoxy) is 1. The smallest absolute Gasteiger partial charge is 0.240 e. The van der Waals surface area contributed by atoms with Gasteiger partial charge in [-0.3, -0.25) is 19.9 Å². The average Bonchev–Trinajstić information content (AvgIpc) is 3.18. The molecule has 27 heavy (non-hydrogen) atoms. The van der Waals surface area contributed by atoms with Crippen LogP contribution in [0.2, 0.25) is 0 Å². The summed E-state index contributed by atoms with van der Waals surface area (Å²) in [5.74, 6) is 0.576. The van der Waals surface area contributed by atoms with E-state index in [-0.39, 0.29) is 5.91 Å². The Balaban J connectivity index is 1.20. The molecular formula is C19H31N5O2S. The highest BCUT2D eigenvalue weighted by atomic mass is 32.1. The van der Waals surface area contributed by atoms with Crippen molar-refractivity contribution in [2.45, 2.75) is 56.9 Å². The second-order valence-corrected chi connectivity index (χ2v) is 8.99. The molecule has 1 N–H and O–H groups in total. The first-order valence-corrected chi connectivity index (χ1v) is 11.3. The summed E-state index contributed by atoms with van der Waals surface area (Å²) < 4.78 is 5.45. The zero-order valence-electron chi connectivity index (χ0n) is 16.1. The number of nitrogens with zero attached hydrogens (tertiary/aromatic N) is 4. The van der Waals surface area contributed by atoms with Gasteiger partial charge in [-0.25, -0.2) is 0 Å². The van der Waals surface area contributed by atoms with E-state index in [9.17, 15) is 4.79 Å². The van der Waals surface area contributed by atoms with Crippen molar-refractivity contribution in [3.05, 3.63) is 5.01 Å². The first kappa shape index (κ1) is 19.2. The highest BCUT2D eigenvalue weighted by molar-refractivity contribution is 7.15. The van der Waals surface area contributed by atoms with Gasteiger partial charge in [0.25, 0.3) is 0 Å². The van der Waals surface area contributed by atoms with Crippen LogP contribution in [0.15, 0.2) is 0 Å². The third kappa shape index (κ3) is 5.25. The predicted octanol–water partition coefficient (Wildman–Crippen LogP) is 2.32. The van der Waals surface area contributed by atoms with E-state index < -0.39 is 0 Å². The van der Waals surface area contributed by atoms with Crippen molar-refractivity contribution < 1.29 is 9.53 Å². The van der Waals surface area contributed by atoms with Crippen LogP contribution < -0.4 is 5.32 Å². The molecule has 2 saturated heterocycles. The van der Waals surface area contributed by atoms with Gasteiger partial charge in [-0.1, -0.05) is 30.6 Å². The second-order valence-electron chi connectivity index (χ2n) is 7.98. The fourth-order valence-electron chi connectivity index (χ4n) is 4.55. The minimum atomic E-state index is 0.0335.